The third-order valence-electron chi connectivity index (χ3n) is 3.69. The molecule has 0 aromatic heterocycles. The van der Waals surface area contributed by atoms with Crippen molar-refractivity contribution in [2.45, 2.75) is 25.9 Å². The fourth-order valence-corrected chi connectivity index (χ4v) is 2.52. The Labute approximate surface area is 125 Å². The molecule has 2 rings (SSSR count). The maximum atomic E-state index is 12.3. The van der Waals surface area contributed by atoms with Gasteiger partial charge in [0, 0.05) is 19.5 Å². The van der Waals surface area contributed by atoms with Crippen molar-refractivity contribution in [2.75, 3.05) is 33.9 Å². The normalized spacial score (nSPS) is 18.4. The molecule has 1 aliphatic rings. The van der Waals surface area contributed by atoms with Gasteiger partial charge in [0.05, 0.1) is 26.9 Å². The molecule has 1 amide bonds. The van der Waals surface area contributed by atoms with Crippen molar-refractivity contribution in [3.63, 3.8) is 0 Å². The summed E-state index contributed by atoms with van der Waals surface area (Å²) in [7, 11) is 3.27. The zero-order valence-corrected chi connectivity index (χ0v) is 12.9. The number of hydrogen-bond acceptors (Lipinski definition) is 4. The average Bonchev–Trinajstić information content (AvgIpc) is 2.52. The van der Waals surface area contributed by atoms with Gasteiger partial charge in [0.25, 0.3) is 0 Å². The smallest absolute Gasteiger partial charge is 0.223 e. The van der Waals surface area contributed by atoms with Crippen LogP contribution in [0.15, 0.2) is 18.2 Å². The first-order valence-electron chi connectivity index (χ1n) is 7.24. The van der Waals surface area contributed by atoms with Gasteiger partial charge in [-0.2, -0.15) is 0 Å². The second-order valence-electron chi connectivity index (χ2n) is 5.20. The summed E-state index contributed by atoms with van der Waals surface area (Å²) in [4.78, 5) is 14.1. The first-order chi connectivity index (χ1) is 10.1. The van der Waals surface area contributed by atoms with Crippen LogP contribution in [-0.4, -0.2) is 50.8 Å². The summed E-state index contributed by atoms with van der Waals surface area (Å²) in [6, 6.07) is 5.65. The molecule has 1 saturated heterocycles. The van der Waals surface area contributed by atoms with Crippen LogP contribution in [-0.2, 0) is 16.0 Å². The number of ether oxygens (including phenoxy) is 3. The summed E-state index contributed by atoms with van der Waals surface area (Å²) in [6.45, 7) is 3.96. The molecule has 0 saturated carbocycles. The fraction of sp³-hybridized carbons (Fsp3) is 0.562. The molecule has 1 atom stereocenters. The summed E-state index contributed by atoms with van der Waals surface area (Å²) in [5.74, 6) is 1.73. The molecule has 5 nitrogen and oxygen atoms in total. The third kappa shape index (κ3) is 4.11. The number of aryl methyl sites for hydroxylation is 1. The van der Waals surface area contributed by atoms with Crippen molar-refractivity contribution in [3.05, 3.63) is 23.8 Å². The SMILES string of the molecule is COc1ccc(OC)c(CCC(=O)N2CCOC(C)C2)c1. The summed E-state index contributed by atoms with van der Waals surface area (Å²) >= 11 is 0. The number of hydrogen-bond donors (Lipinski definition) is 0. The van der Waals surface area contributed by atoms with E-state index in [1.165, 1.54) is 0 Å². The Bertz CT molecular complexity index is 489. The highest BCUT2D eigenvalue weighted by atomic mass is 16.5. The minimum Gasteiger partial charge on any atom is -0.497 e. The predicted octanol–water partition coefficient (Wildman–Crippen LogP) is 1.88. The number of methoxy groups -OCH3 is 2. The van der Waals surface area contributed by atoms with Crippen LogP contribution in [0, 0.1) is 0 Å². The Balaban J connectivity index is 1.97. The molecule has 0 spiro atoms. The minimum absolute atomic E-state index is 0.119. The zero-order chi connectivity index (χ0) is 15.2. The van der Waals surface area contributed by atoms with Crippen molar-refractivity contribution in [1.82, 2.24) is 4.90 Å². The van der Waals surface area contributed by atoms with E-state index in [2.05, 4.69) is 0 Å². The molecule has 1 unspecified atom stereocenters. The maximum Gasteiger partial charge on any atom is 0.223 e. The molecule has 0 aliphatic carbocycles. The van der Waals surface area contributed by atoms with Crippen LogP contribution < -0.4 is 9.47 Å². The first kappa shape index (κ1) is 15.6. The lowest BCUT2D eigenvalue weighted by Crippen LogP contribution is -2.44. The van der Waals surface area contributed by atoms with Crippen LogP contribution in [0.4, 0.5) is 0 Å². The lowest BCUT2D eigenvalue weighted by molar-refractivity contribution is -0.138. The van der Waals surface area contributed by atoms with Crippen LogP contribution >= 0.6 is 0 Å². The van der Waals surface area contributed by atoms with Crippen molar-refractivity contribution in [2.24, 2.45) is 0 Å². The number of benzene rings is 1. The van der Waals surface area contributed by atoms with E-state index in [1.54, 1.807) is 14.2 Å². The largest absolute Gasteiger partial charge is 0.497 e. The average molecular weight is 293 g/mol. The van der Waals surface area contributed by atoms with Crippen LogP contribution in [0.2, 0.25) is 0 Å². The third-order valence-corrected chi connectivity index (χ3v) is 3.69. The van der Waals surface area contributed by atoms with Gasteiger partial charge in [0.2, 0.25) is 5.91 Å². The number of rotatable bonds is 5. The molecule has 21 heavy (non-hydrogen) atoms. The van der Waals surface area contributed by atoms with Gasteiger partial charge in [-0.05, 0) is 37.1 Å². The predicted molar refractivity (Wildman–Crippen MR) is 79.9 cm³/mol. The van der Waals surface area contributed by atoms with Gasteiger partial charge in [0.15, 0.2) is 0 Å². The Morgan fingerprint density at radius 3 is 2.86 bits per heavy atom. The molecule has 1 aromatic carbocycles. The van der Waals surface area contributed by atoms with E-state index in [0.29, 0.717) is 32.5 Å². The molecule has 1 aromatic rings. The highest BCUT2D eigenvalue weighted by Gasteiger charge is 2.21. The second kappa shape index (κ2) is 7.31. The monoisotopic (exact) mass is 293 g/mol. The van der Waals surface area contributed by atoms with E-state index in [9.17, 15) is 4.79 Å². The molecule has 1 aliphatic heterocycles. The fourth-order valence-electron chi connectivity index (χ4n) is 2.52. The Morgan fingerprint density at radius 2 is 2.19 bits per heavy atom. The van der Waals surface area contributed by atoms with E-state index in [-0.39, 0.29) is 12.0 Å². The van der Waals surface area contributed by atoms with Crippen LogP contribution in [0.3, 0.4) is 0 Å². The van der Waals surface area contributed by atoms with Gasteiger partial charge < -0.3 is 19.1 Å². The number of carbonyl (C=O) groups excluding carboxylic acids is 1. The molecule has 116 valence electrons. The van der Waals surface area contributed by atoms with Crippen molar-refractivity contribution >= 4 is 5.91 Å². The van der Waals surface area contributed by atoms with Crippen molar-refractivity contribution in [3.8, 4) is 11.5 Å². The summed E-state index contributed by atoms with van der Waals surface area (Å²) in [5.41, 5.74) is 0.992. The van der Waals surface area contributed by atoms with Crippen LogP contribution in [0.5, 0.6) is 11.5 Å². The van der Waals surface area contributed by atoms with Crippen molar-refractivity contribution < 1.29 is 19.0 Å². The van der Waals surface area contributed by atoms with Crippen LogP contribution in [0.25, 0.3) is 0 Å². The standard InChI is InChI=1S/C16H23NO4/c1-12-11-17(8-9-21-12)16(18)7-4-13-10-14(19-2)5-6-15(13)20-3/h5-6,10,12H,4,7-9,11H2,1-3H3. The molecule has 1 fully saturated rings. The quantitative estimate of drug-likeness (QED) is 0.832. The Hall–Kier alpha value is -1.75. The number of carbonyl (C=O) groups is 1. The van der Waals surface area contributed by atoms with Gasteiger partial charge in [-0.25, -0.2) is 0 Å². The van der Waals surface area contributed by atoms with E-state index in [0.717, 1.165) is 17.1 Å². The molecule has 1 heterocycles. The van der Waals surface area contributed by atoms with Gasteiger partial charge in [-0.1, -0.05) is 0 Å². The lowest BCUT2D eigenvalue weighted by atomic mass is 10.1. The molecule has 0 radical (unpaired) electrons. The van der Waals surface area contributed by atoms with Gasteiger partial charge in [-0.15, -0.1) is 0 Å². The van der Waals surface area contributed by atoms with Crippen molar-refractivity contribution in [1.29, 1.82) is 0 Å². The van der Waals surface area contributed by atoms with Crippen LogP contribution in [0.1, 0.15) is 18.9 Å². The molecule has 5 heteroatoms. The van der Waals surface area contributed by atoms with E-state index in [4.69, 9.17) is 14.2 Å². The minimum atomic E-state index is 0.119. The number of amides is 1. The maximum absolute atomic E-state index is 12.3. The van der Waals surface area contributed by atoms with E-state index >= 15 is 0 Å². The van der Waals surface area contributed by atoms with E-state index in [1.807, 2.05) is 30.0 Å². The highest BCUT2D eigenvalue weighted by Crippen LogP contribution is 2.25. The first-order valence-corrected chi connectivity index (χ1v) is 7.24. The molecular weight excluding hydrogens is 270 g/mol. The van der Waals surface area contributed by atoms with Gasteiger partial charge in [0.1, 0.15) is 11.5 Å². The molecular formula is C16H23NO4. The van der Waals surface area contributed by atoms with Gasteiger partial charge in [-0.3, -0.25) is 4.79 Å². The molecule has 0 bridgehead atoms. The highest BCUT2D eigenvalue weighted by molar-refractivity contribution is 5.76. The summed E-state index contributed by atoms with van der Waals surface area (Å²) in [5, 5.41) is 0. The van der Waals surface area contributed by atoms with Gasteiger partial charge >= 0.3 is 0 Å². The summed E-state index contributed by atoms with van der Waals surface area (Å²) < 4.78 is 16.0. The second-order valence-corrected chi connectivity index (χ2v) is 5.20. The topological polar surface area (TPSA) is 48.0 Å². The summed E-state index contributed by atoms with van der Waals surface area (Å²) in [6.07, 6.45) is 1.23. The lowest BCUT2D eigenvalue weighted by Gasteiger charge is -2.31. The molecule has 0 N–H and O–H groups in total. The Morgan fingerprint density at radius 1 is 1.38 bits per heavy atom. The van der Waals surface area contributed by atoms with E-state index < -0.39 is 0 Å². The Kier molecular flexibility index (Phi) is 5.44. The number of morpholine rings is 1. The zero-order valence-electron chi connectivity index (χ0n) is 12.9. The number of nitrogens with zero attached hydrogens (tertiary/aromatic N) is 1.